The number of rotatable bonds is 3. The van der Waals surface area contributed by atoms with E-state index >= 15 is 0 Å². The van der Waals surface area contributed by atoms with Crippen molar-refractivity contribution >= 4 is 21.7 Å². The molecule has 2 aromatic rings. The summed E-state index contributed by atoms with van der Waals surface area (Å²) in [6.45, 7) is 1.98. The van der Waals surface area contributed by atoms with Gasteiger partial charge in [-0.15, -0.1) is 0 Å². The van der Waals surface area contributed by atoms with E-state index in [1.807, 2.05) is 37.3 Å². The molecule has 1 aliphatic rings. The van der Waals surface area contributed by atoms with Crippen molar-refractivity contribution in [3.63, 3.8) is 0 Å². The van der Waals surface area contributed by atoms with Crippen LogP contribution in [0, 0.1) is 6.92 Å². The first kappa shape index (κ1) is 13.6. The fraction of sp³-hybridized carbons (Fsp3) is 0.278. The molecule has 0 amide bonds. The summed E-state index contributed by atoms with van der Waals surface area (Å²) in [5.41, 5.74) is 3.90. The van der Waals surface area contributed by atoms with Gasteiger partial charge in [0.2, 0.25) is 0 Å². The molecule has 0 unspecified atom stereocenters. The molecule has 0 aliphatic heterocycles. The summed E-state index contributed by atoms with van der Waals surface area (Å²) >= 11 is 3.49. The molecule has 1 aliphatic carbocycles. The lowest BCUT2D eigenvalue weighted by Gasteiger charge is -2.26. The fourth-order valence-corrected chi connectivity index (χ4v) is 3.05. The Morgan fingerprint density at radius 1 is 1.15 bits per heavy atom. The average molecular weight is 329 g/mol. The van der Waals surface area contributed by atoms with Gasteiger partial charge in [-0.3, -0.25) is 4.79 Å². The van der Waals surface area contributed by atoms with Crippen LogP contribution >= 0.6 is 15.9 Å². The first-order valence-corrected chi connectivity index (χ1v) is 7.86. The minimum atomic E-state index is 0.116. The zero-order valence-electron chi connectivity index (χ0n) is 11.5. The first-order valence-electron chi connectivity index (χ1n) is 7.06. The van der Waals surface area contributed by atoms with Gasteiger partial charge in [0.15, 0.2) is 5.78 Å². The Bertz CT molecular complexity index is 656. The molecule has 1 fully saturated rings. The van der Waals surface area contributed by atoms with Crippen molar-refractivity contribution in [3.8, 4) is 0 Å². The highest BCUT2D eigenvalue weighted by Crippen LogP contribution is 2.36. The Hall–Kier alpha value is -1.41. The summed E-state index contributed by atoms with van der Waals surface area (Å²) in [4.78, 5) is 12.7. The molecule has 1 saturated carbocycles. The predicted octanol–water partition coefficient (Wildman–Crippen LogP) is 5.26. The van der Waals surface area contributed by atoms with Gasteiger partial charge in [-0.1, -0.05) is 52.7 Å². The van der Waals surface area contributed by atoms with Crippen LogP contribution in [0.4, 0.5) is 0 Å². The summed E-state index contributed by atoms with van der Waals surface area (Å²) < 4.78 is 0.985. The van der Waals surface area contributed by atoms with Gasteiger partial charge in [0.1, 0.15) is 0 Å². The standard InChI is InChI=1S/C18H17BrO/c1-12-16(9-4-10-17(12)19)18(20)15-8-3-7-14(11-15)13-5-2-6-13/h3-4,7-11,13H,2,5-6H2,1H3. The smallest absolute Gasteiger partial charge is 0.193 e. The van der Waals surface area contributed by atoms with Crippen LogP contribution < -0.4 is 0 Å². The quantitative estimate of drug-likeness (QED) is 0.702. The van der Waals surface area contributed by atoms with E-state index in [-0.39, 0.29) is 5.78 Å². The normalized spacial score (nSPS) is 14.9. The molecule has 1 nitrogen and oxygen atoms in total. The summed E-state index contributed by atoms with van der Waals surface area (Å²) in [6, 6.07) is 13.9. The summed E-state index contributed by atoms with van der Waals surface area (Å²) in [5, 5.41) is 0. The van der Waals surface area contributed by atoms with Crippen molar-refractivity contribution in [1.82, 2.24) is 0 Å². The van der Waals surface area contributed by atoms with Crippen molar-refractivity contribution in [2.24, 2.45) is 0 Å². The minimum Gasteiger partial charge on any atom is -0.289 e. The van der Waals surface area contributed by atoms with Gasteiger partial charge in [-0.2, -0.15) is 0 Å². The van der Waals surface area contributed by atoms with Crippen molar-refractivity contribution in [1.29, 1.82) is 0 Å². The molecule has 2 heteroatoms. The van der Waals surface area contributed by atoms with Crippen molar-refractivity contribution < 1.29 is 4.79 Å². The fourth-order valence-electron chi connectivity index (χ4n) is 2.68. The van der Waals surface area contributed by atoms with Crippen LogP contribution in [-0.4, -0.2) is 5.78 Å². The molecular weight excluding hydrogens is 312 g/mol. The monoisotopic (exact) mass is 328 g/mol. The molecule has 3 rings (SSSR count). The average Bonchev–Trinajstić information content (AvgIpc) is 2.40. The highest BCUT2D eigenvalue weighted by atomic mass is 79.9. The first-order chi connectivity index (χ1) is 9.66. The second kappa shape index (κ2) is 5.53. The van der Waals surface area contributed by atoms with Crippen molar-refractivity contribution in [2.75, 3.05) is 0 Å². The van der Waals surface area contributed by atoms with E-state index in [0.29, 0.717) is 5.92 Å². The Morgan fingerprint density at radius 2 is 1.90 bits per heavy atom. The maximum atomic E-state index is 12.7. The lowest BCUT2D eigenvalue weighted by molar-refractivity contribution is 0.103. The molecule has 2 aromatic carbocycles. The maximum absolute atomic E-state index is 12.7. The molecular formula is C18H17BrO. The zero-order chi connectivity index (χ0) is 14.1. The molecule has 0 atom stereocenters. The van der Waals surface area contributed by atoms with Gasteiger partial charge < -0.3 is 0 Å². The van der Waals surface area contributed by atoms with E-state index in [1.54, 1.807) is 0 Å². The molecule has 102 valence electrons. The van der Waals surface area contributed by atoms with Crippen LogP contribution in [0.25, 0.3) is 0 Å². The number of hydrogen-bond acceptors (Lipinski definition) is 1. The molecule has 0 spiro atoms. The van der Waals surface area contributed by atoms with Crippen LogP contribution in [-0.2, 0) is 0 Å². The third-order valence-corrected chi connectivity index (χ3v) is 5.10. The van der Waals surface area contributed by atoms with Gasteiger partial charge in [-0.25, -0.2) is 0 Å². The van der Waals surface area contributed by atoms with Gasteiger partial charge in [0.25, 0.3) is 0 Å². The van der Waals surface area contributed by atoms with Crippen LogP contribution in [0.15, 0.2) is 46.9 Å². The summed E-state index contributed by atoms with van der Waals surface area (Å²) in [5.74, 6) is 0.774. The number of carbonyl (C=O) groups is 1. The highest BCUT2D eigenvalue weighted by molar-refractivity contribution is 9.10. The lowest BCUT2D eigenvalue weighted by atomic mass is 9.79. The van der Waals surface area contributed by atoms with Crippen molar-refractivity contribution in [2.45, 2.75) is 32.1 Å². The van der Waals surface area contributed by atoms with Crippen LogP contribution in [0.2, 0.25) is 0 Å². The van der Waals surface area contributed by atoms with E-state index < -0.39 is 0 Å². The summed E-state index contributed by atoms with van der Waals surface area (Å²) in [6.07, 6.45) is 3.83. The minimum absolute atomic E-state index is 0.116. The second-order valence-corrected chi connectivity index (χ2v) is 6.35. The molecule has 0 heterocycles. The molecule has 0 aromatic heterocycles. The third-order valence-electron chi connectivity index (χ3n) is 4.24. The number of benzene rings is 2. The number of ketones is 1. The van der Waals surface area contributed by atoms with E-state index in [1.165, 1.54) is 24.8 Å². The van der Waals surface area contributed by atoms with E-state index in [2.05, 4.69) is 28.1 Å². The van der Waals surface area contributed by atoms with Crippen LogP contribution in [0.1, 0.15) is 52.2 Å². The van der Waals surface area contributed by atoms with Crippen molar-refractivity contribution in [3.05, 3.63) is 69.2 Å². The lowest BCUT2D eigenvalue weighted by Crippen LogP contribution is -2.10. The largest absolute Gasteiger partial charge is 0.289 e. The van der Waals surface area contributed by atoms with Gasteiger partial charge in [0.05, 0.1) is 0 Å². The van der Waals surface area contributed by atoms with Crippen LogP contribution in [0.3, 0.4) is 0 Å². The molecule has 20 heavy (non-hydrogen) atoms. The SMILES string of the molecule is Cc1c(Br)cccc1C(=O)c1cccc(C2CCC2)c1. The zero-order valence-corrected chi connectivity index (χ0v) is 13.1. The van der Waals surface area contributed by atoms with E-state index in [0.717, 1.165) is 21.2 Å². The molecule has 0 saturated heterocycles. The van der Waals surface area contributed by atoms with E-state index in [4.69, 9.17) is 0 Å². The Morgan fingerprint density at radius 3 is 2.60 bits per heavy atom. The second-order valence-electron chi connectivity index (χ2n) is 5.49. The van der Waals surface area contributed by atoms with Crippen LogP contribution in [0.5, 0.6) is 0 Å². The van der Waals surface area contributed by atoms with Gasteiger partial charge in [-0.05, 0) is 48.9 Å². The molecule has 0 bridgehead atoms. The predicted molar refractivity (Wildman–Crippen MR) is 85.3 cm³/mol. The Kier molecular flexibility index (Phi) is 3.75. The van der Waals surface area contributed by atoms with Gasteiger partial charge in [0, 0.05) is 15.6 Å². The van der Waals surface area contributed by atoms with Gasteiger partial charge >= 0.3 is 0 Å². The number of hydrogen-bond donors (Lipinski definition) is 0. The number of carbonyl (C=O) groups excluding carboxylic acids is 1. The maximum Gasteiger partial charge on any atom is 0.193 e. The molecule has 0 N–H and O–H groups in total. The summed E-state index contributed by atoms with van der Waals surface area (Å²) in [7, 11) is 0. The topological polar surface area (TPSA) is 17.1 Å². The third kappa shape index (κ3) is 2.45. The number of halogens is 1. The Labute approximate surface area is 128 Å². The van der Waals surface area contributed by atoms with E-state index in [9.17, 15) is 4.79 Å². The highest BCUT2D eigenvalue weighted by Gasteiger charge is 2.21. The Balaban J connectivity index is 1.95. The molecule has 0 radical (unpaired) electrons.